The smallest absolute Gasteiger partial charge is 0.215 e. The van der Waals surface area contributed by atoms with E-state index in [4.69, 9.17) is 15.7 Å². The van der Waals surface area contributed by atoms with Crippen LogP contribution in [-0.4, -0.2) is 18.1 Å². The van der Waals surface area contributed by atoms with Crippen molar-refractivity contribution < 1.29 is 4.74 Å². The van der Waals surface area contributed by atoms with Crippen molar-refractivity contribution in [2.45, 2.75) is 0 Å². The van der Waals surface area contributed by atoms with Crippen molar-refractivity contribution in [2.24, 2.45) is 5.73 Å². The molecule has 0 radical (unpaired) electrons. The summed E-state index contributed by atoms with van der Waals surface area (Å²) in [4.78, 5) is 4.29. The molecule has 0 fully saturated rings. The number of nitriles is 1. The molecule has 0 spiro atoms. The Kier molecular flexibility index (Phi) is 2.99. The predicted octanol–water partition coefficient (Wildman–Crippen LogP) is 1.44. The molecule has 2 rings (SSSR count). The van der Waals surface area contributed by atoms with Crippen LogP contribution >= 0.6 is 0 Å². The van der Waals surface area contributed by atoms with Crippen molar-refractivity contribution >= 4 is 10.9 Å². The van der Waals surface area contributed by atoms with Crippen LogP contribution in [0.1, 0.15) is 5.56 Å². The van der Waals surface area contributed by atoms with Crippen LogP contribution in [0.25, 0.3) is 10.9 Å². The van der Waals surface area contributed by atoms with Gasteiger partial charge in [-0.15, -0.1) is 0 Å². The molecule has 0 aliphatic heterocycles. The van der Waals surface area contributed by atoms with Gasteiger partial charge in [0, 0.05) is 18.0 Å². The van der Waals surface area contributed by atoms with Gasteiger partial charge in [-0.3, -0.25) is 0 Å². The van der Waals surface area contributed by atoms with E-state index in [1.807, 2.05) is 24.3 Å². The Labute approximate surface area is 93.3 Å². The lowest BCUT2D eigenvalue weighted by atomic mass is 10.1. The Morgan fingerprint density at radius 1 is 1.38 bits per heavy atom. The Bertz CT molecular complexity index is 545. The fraction of sp³-hybridized carbons (Fsp3) is 0.167. The van der Waals surface area contributed by atoms with E-state index in [9.17, 15) is 0 Å². The number of hydrogen-bond donors (Lipinski definition) is 1. The molecule has 2 aromatic rings. The van der Waals surface area contributed by atoms with E-state index in [1.54, 1.807) is 6.07 Å². The highest BCUT2D eigenvalue weighted by Gasteiger charge is 2.05. The van der Waals surface area contributed by atoms with Gasteiger partial charge in [0.25, 0.3) is 0 Å². The summed E-state index contributed by atoms with van der Waals surface area (Å²) in [6.07, 6.45) is 0. The first-order chi connectivity index (χ1) is 7.85. The minimum absolute atomic E-state index is 0.399. The van der Waals surface area contributed by atoms with Gasteiger partial charge < -0.3 is 10.5 Å². The van der Waals surface area contributed by atoms with Gasteiger partial charge in [-0.2, -0.15) is 5.26 Å². The van der Waals surface area contributed by atoms with Gasteiger partial charge in [-0.25, -0.2) is 4.98 Å². The van der Waals surface area contributed by atoms with E-state index in [2.05, 4.69) is 11.1 Å². The highest BCUT2D eigenvalue weighted by atomic mass is 16.5. The maximum absolute atomic E-state index is 9.03. The Balaban J connectivity index is 2.51. The monoisotopic (exact) mass is 213 g/mol. The molecule has 4 nitrogen and oxygen atoms in total. The first kappa shape index (κ1) is 10.4. The highest BCUT2D eigenvalue weighted by molar-refractivity contribution is 5.85. The second-order valence-corrected chi connectivity index (χ2v) is 3.27. The summed E-state index contributed by atoms with van der Waals surface area (Å²) in [5, 5.41) is 9.87. The highest BCUT2D eigenvalue weighted by Crippen LogP contribution is 2.20. The van der Waals surface area contributed by atoms with E-state index in [0.29, 0.717) is 24.6 Å². The Morgan fingerprint density at radius 2 is 2.19 bits per heavy atom. The third-order valence-corrected chi connectivity index (χ3v) is 2.18. The molecule has 0 saturated heterocycles. The van der Waals surface area contributed by atoms with Crippen molar-refractivity contribution in [3.8, 4) is 11.9 Å². The molecule has 0 bridgehead atoms. The summed E-state index contributed by atoms with van der Waals surface area (Å²) in [7, 11) is 0. The van der Waals surface area contributed by atoms with Crippen molar-refractivity contribution in [1.29, 1.82) is 5.26 Å². The summed E-state index contributed by atoms with van der Waals surface area (Å²) in [6.45, 7) is 0.826. The number of ether oxygens (including phenoxy) is 1. The number of nitrogens with two attached hydrogens (primary N) is 1. The predicted molar refractivity (Wildman–Crippen MR) is 61.0 cm³/mol. The van der Waals surface area contributed by atoms with E-state index in [0.717, 1.165) is 10.9 Å². The molecule has 0 saturated carbocycles. The first-order valence-electron chi connectivity index (χ1n) is 4.98. The Morgan fingerprint density at radius 3 is 2.94 bits per heavy atom. The fourth-order valence-electron chi connectivity index (χ4n) is 1.48. The van der Waals surface area contributed by atoms with Crippen LogP contribution in [0.5, 0.6) is 5.88 Å². The summed E-state index contributed by atoms with van der Waals surface area (Å²) in [5.74, 6) is 0.445. The lowest BCUT2D eigenvalue weighted by molar-refractivity contribution is 0.317. The SMILES string of the molecule is N#Cc1cc(OCCN)nc2ccccc12. The number of hydrogen-bond acceptors (Lipinski definition) is 4. The van der Waals surface area contributed by atoms with Crippen LogP contribution in [0.15, 0.2) is 30.3 Å². The summed E-state index contributed by atoms with van der Waals surface area (Å²) in [6, 6.07) is 11.3. The lowest BCUT2D eigenvalue weighted by Gasteiger charge is -2.05. The van der Waals surface area contributed by atoms with E-state index in [-0.39, 0.29) is 0 Å². The van der Waals surface area contributed by atoms with Gasteiger partial charge >= 0.3 is 0 Å². The first-order valence-corrected chi connectivity index (χ1v) is 4.98. The largest absolute Gasteiger partial charge is 0.476 e. The van der Waals surface area contributed by atoms with Crippen molar-refractivity contribution in [2.75, 3.05) is 13.2 Å². The zero-order valence-corrected chi connectivity index (χ0v) is 8.68. The van der Waals surface area contributed by atoms with E-state index in [1.165, 1.54) is 0 Å². The third kappa shape index (κ3) is 1.95. The molecule has 80 valence electrons. The molecule has 1 heterocycles. The summed E-state index contributed by atoms with van der Waals surface area (Å²) >= 11 is 0. The summed E-state index contributed by atoms with van der Waals surface area (Å²) in [5.41, 5.74) is 6.67. The number of benzene rings is 1. The minimum Gasteiger partial charge on any atom is -0.476 e. The molecular weight excluding hydrogens is 202 g/mol. The number of nitrogens with zero attached hydrogens (tertiary/aromatic N) is 2. The molecule has 16 heavy (non-hydrogen) atoms. The molecule has 1 aromatic heterocycles. The van der Waals surface area contributed by atoms with Crippen molar-refractivity contribution in [1.82, 2.24) is 4.98 Å². The number of rotatable bonds is 3. The quantitative estimate of drug-likeness (QED) is 0.837. The second-order valence-electron chi connectivity index (χ2n) is 3.27. The maximum Gasteiger partial charge on any atom is 0.215 e. The van der Waals surface area contributed by atoms with Crippen LogP contribution in [-0.2, 0) is 0 Å². The molecule has 0 aliphatic rings. The minimum atomic E-state index is 0.399. The standard InChI is InChI=1S/C12H11N3O/c13-5-6-16-12-7-9(8-14)10-3-1-2-4-11(10)15-12/h1-4,7H,5-6,13H2. The van der Waals surface area contributed by atoms with Crippen LogP contribution in [0.4, 0.5) is 0 Å². The van der Waals surface area contributed by atoms with Crippen LogP contribution in [0.2, 0.25) is 0 Å². The van der Waals surface area contributed by atoms with Gasteiger partial charge in [-0.05, 0) is 6.07 Å². The number of pyridine rings is 1. The molecule has 0 aliphatic carbocycles. The van der Waals surface area contributed by atoms with Crippen LogP contribution in [0.3, 0.4) is 0 Å². The second kappa shape index (κ2) is 4.60. The summed E-state index contributed by atoms with van der Waals surface area (Å²) < 4.78 is 5.32. The average molecular weight is 213 g/mol. The van der Waals surface area contributed by atoms with Gasteiger partial charge in [-0.1, -0.05) is 18.2 Å². The normalized spacial score (nSPS) is 10.0. The Hall–Kier alpha value is -2.12. The molecule has 0 unspecified atom stereocenters. The number of fused-ring (bicyclic) bond motifs is 1. The lowest BCUT2D eigenvalue weighted by Crippen LogP contribution is -2.11. The third-order valence-electron chi connectivity index (χ3n) is 2.18. The zero-order valence-electron chi connectivity index (χ0n) is 8.68. The molecule has 2 N–H and O–H groups in total. The number of para-hydroxylation sites is 1. The van der Waals surface area contributed by atoms with Gasteiger partial charge in [0.05, 0.1) is 11.1 Å². The van der Waals surface area contributed by atoms with Crippen molar-refractivity contribution in [3.05, 3.63) is 35.9 Å². The number of aromatic nitrogens is 1. The zero-order chi connectivity index (χ0) is 11.4. The molecule has 0 amide bonds. The molecule has 4 heteroatoms. The molecule has 1 aromatic carbocycles. The van der Waals surface area contributed by atoms with E-state index >= 15 is 0 Å². The van der Waals surface area contributed by atoms with Crippen LogP contribution in [0, 0.1) is 11.3 Å². The molecular formula is C12H11N3O. The van der Waals surface area contributed by atoms with E-state index < -0.39 is 0 Å². The van der Waals surface area contributed by atoms with Gasteiger partial charge in [0.1, 0.15) is 12.7 Å². The average Bonchev–Trinajstić information content (AvgIpc) is 2.35. The van der Waals surface area contributed by atoms with Gasteiger partial charge in [0.2, 0.25) is 5.88 Å². The maximum atomic E-state index is 9.03. The molecule has 0 atom stereocenters. The topological polar surface area (TPSA) is 71.9 Å². The fourth-order valence-corrected chi connectivity index (χ4v) is 1.48. The van der Waals surface area contributed by atoms with Crippen LogP contribution < -0.4 is 10.5 Å². The van der Waals surface area contributed by atoms with Gasteiger partial charge in [0.15, 0.2) is 0 Å². The van der Waals surface area contributed by atoms with Crippen molar-refractivity contribution in [3.63, 3.8) is 0 Å².